The number of halogens is 1. The molecule has 31 heavy (non-hydrogen) atoms. The zero-order valence-electron chi connectivity index (χ0n) is 18.0. The van der Waals surface area contributed by atoms with Gasteiger partial charge in [-0.2, -0.15) is 4.39 Å². The second-order valence-corrected chi connectivity index (χ2v) is 8.05. The van der Waals surface area contributed by atoms with Crippen molar-refractivity contribution in [1.82, 2.24) is 9.88 Å². The van der Waals surface area contributed by atoms with Crippen LogP contribution in [0.1, 0.15) is 44.0 Å². The number of carbonyl (C=O) groups is 1. The first-order valence-electron chi connectivity index (χ1n) is 10.3. The van der Waals surface area contributed by atoms with Gasteiger partial charge >= 0.3 is 0 Å². The third-order valence-electron chi connectivity index (χ3n) is 4.84. The van der Waals surface area contributed by atoms with E-state index in [-0.39, 0.29) is 11.7 Å². The van der Waals surface area contributed by atoms with Gasteiger partial charge in [0, 0.05) is 32.2 Å². The first kappa shape index (κ1) is 22.4. The molecule has 0 bridgehead atoms. The van der Waals surface area contributed by atoms with Gasteiger partial charge in [-0.25, -0.2) is 9.98 Å². The van der Waals surface area contributed by atoms with Gasteiger partial charge in [-0.05, 0) is 56.0 Å². The summed E-state index contributed by atoms with van der Waals surface area (Å²) in [5, 5.41) is 10.6. The zero-order valence-corrected chi connectivity index (χ0v) is 18.0. The van der Waals surface area contributed by atoms with Crippen LogP contribution >= 0.6 is 0 Å². The van der Waals surface area contributed by atoms with Crippen LogP contribution < -0.4 is 10.1 Å². The van der Waals surface area contributed by atoms with Crippen molar-refractivity contribution < 1.29 is 13.9 Å². The maximum atomic E-state index is 13.9. The predicted molar refractivity (Wildman–Crippen MR) is 120 cm³/mol. The summed E-state index contributed by atoms with van der Waals surface area (Å²) in [6.45, 7) is 5.06. The van der Waals surface area contributed by atoms with Crippen LogP contribution in [0, 0.1) is 11.3 Å². The minimum absolute atomic E-state index is 0.206. The van der Waals surface area contributed by atoms with Crippen molar-refractivity contribution in [3.8, 4) is 5.75 Å². The molecular weight excluding hydrogens is 397 g/mol. The Morgan fingerprint density at radius 1 is 1.39 bits per heavy atom. The van der Waals surface area contributed by atoms with Crippen LogP contribution in [0.25, 0.3) is 0 Å². The fourth-order valence-electron chi connectivity index (χ4n) is 3.16. The molecule has 0 radical (unpaired) electrons. The molecule has 7 nitrogen and oxygen atoms in total. The Morgan fingerprint density at radius 3 is 2.77 bits per heavy atom. The van der Waals surface area contributed by atoms with Gasteiger partial charge in [-0.15, -0.1) is 0 Å². The van der Waals surface area contributed by atoms with Crippen LogP contribution in [-0.2, 0) is 0 Å². The molecule has 1 aliphatic rings. The number of nitrogens with one attached hydrogen (secondary N) is 2. The second kappa shape index (κ2) is 9.68. The summed E-state index contributed by atoms with van der Waals surface area (Å²) >= 11 is 0. The highest BCUT2D eigenvalue weighted by Gasteiger charge is 2.32. The van der Waals surface area contributed by atoms with Crippen molar-refractivity contribution in [2.45, 2.75) is 45.5 Å². The quantitative estimate of drug-likeness (QED) is 0.456. The number of carbonyl (C=O) groups excluding carboxylic acids is 1. The molecule has 0 aliphatic heterocycles. The molecule has 1 fully saturated rings. The molecule has 2 N–H and O–H groups in total. The van der Waals surface area contributed by atoms with Crippen LogP contribution in [0.15, 0.2) is 53.7 Å². The number of anilines is 1. The smallest absolute Gasteiger partial charge is 0.254 e. The number of hydrogen-bond donors (Lipinski definition) is 2. The number of ether oxygens (including phenoxy) is 1. The Labute approximate surface area is 181 Å². The molecule has 1 unspecified atom stereocenters. The number of aliphatic imine (C=N–C) groups is 1. The average Bonchev–Trinajstić information content (AvgIpc) is 3.55. The number of aromatic nitrogens is 1. The highest BCUT2D eigenvalue weighted by Crippen LogP contribution is 2.31. The molecule has 1 atom stereocenters. The van der Waals surface area contributed by atoms with Gasteiger partial charge in [0.05, 0.1) is 6.04 Å². The summed E-state index contributed by atoms with van der Waals surface area (Å²) in [6.07, 6.45) is 4.74. The fraction of sp³-hybridized carbons (Fsp3) is 0.391. The first-order valence-corrected chi connectivity index (χ1v) is 10.3. The lowest BCUT2D eigenvalue weighted by Gasteiger charge is -2.31. The standard InChI is InChI=1S/C23H28FN5O2/c1-16(21(27-15-25)28-20-9-4-5-12-26-20)29(14-17-10-11-17)22(30)18-7-6-8-19(13-18)31-23(2,3)24/h4-9,12-13,15-17H,10-11,14H2,1-3H3,(H2,25,26,27,28). The Morgan fingerprint density at radius 2 is 2.16 bits per heavy atom. The minimum atomic E-state index is -1.85. The highest BCUT2D eigenvalue weighted by molar-refractivity contribution is 6.05. The van der Waals surface area contributed by atoms with Gasteiger partial charge in [-0.1, -0.05) is 12.1 Å². The van der Waals surface area contributed by atoms with Crippen LogP contribution in [0.4, 0.5) is 10.2 Å². The fourth-order valence-corrected chi connectivity index (χ4v) is 3.16. The molecule has 164 valence electrons. The summed E-state index contributed by atoms with van der Waals surface area (Å²) in [5.41, 5.74) is 0.404. The normalized spacial score (nSPS) is 15.2. The number of alkyl halides is 1. The average molecular weight is 426 g/mol. The summed E-state index contributed by atoms with van der Waals surface area (Å²) in [7, 11) is 0. The van der Waals surface area contributed by atoms with Gasteiger partial charge < -0.3 is 15.0 Å². The second-order valence-electron chi connectivity index (χ2n) is 8.05. The largest absolute Gasteiger partial charge is 0.459 e. The maximum Gasteiger partial charge on any atom is 0.254 e. The number of amidine groups is 1. The van der Waals surface area contributed by atoms with Crippen molar-refractivity contribution in [3.05, 3.63) is 54.2 Å². The van der Waals surface area contributed by atoms with Crippen molar-refractivity contribution in [1.29, 1.82) is 5.41 Å². The topological polar surface area (TPSA) is 90.7 Å². The van der Waals surface area contributed by atoms with Crippen molar-refractivity contribution in [3.63, 3.8) is 0 Å². The van der Waals surface area contributed by atoms with Gasteiger partial charge in [0.15, 0.2) is 0 Å². The number of benzene rings is 1. The molecule has 1 amide bonds. The molecule has 2 aromatic rings. The van der Waals surface area contributed by atoms with E-state index in [0.717, 1.165) is 19.2 Å². The van der Waals surface area contributed by atoms with Gasteiger partial charge in [-0.3, -0.25) is 10.2 Å². The molecule has 1 heterocycles. The van der Waals surface area contributed by atoms with Gasteiger partial charge in [0.1, 0.15) is 23.7 Å². The number of hydrogen-bond acceptors (Lipinski definition) is 4. The van der Waals surface area contributed by atoms with Crippen molar-refractivity contribution in [2.75, 3.05) is 11.9 Å². The summed E-state index contributed by atoms with van der Waals surface area (Å²) in [4.78, 5) is 23.6. The minimum Gasteiger partial charge on any atom is -0.459 e. The molecule has 8 heteroatoms. The van der Waals surface area contributed by atoms with Crippen LogP contribution in [0.2, 0.25) is 0 Å². The van der Waals surface area contributed by atoms with Crippen LogP contribution in [0.5, 0.6) is 5.75 Å². The number of nitrogens with zero attached hydrogens (tertiary/aromatic N) is 3. The Hall–Kier alpha value is -3.29. The lowest BCUT2D eigenvalue weighted by molar-refractivity contribution is -0.0257. The molecule has 0 saturated heterocycles. The monoisotopic (exact) mass is 425 g/mol. The third kappa shape index (κ3) is 6.60. The number of pyridine rings is 1. The van der Waals surface area contributed by atoms with E-state index in [1.807, 2.05) is 13.0 Å². The molecular formula is C23H28FN5O2. The van der Waals surface area contributed by atoms with E-state index in [1.165, 1.54) is 13.8 Å². The Bertz CT molecular complexity index is 938. The molecule has 1 aliphatic carbocycles. The van der Waals surface area contributed by atoms with E-state index in [4.69, 9.17) is 10.1 Å². The lowest BCUT2D eigenvalue weighted by atomic mass is 10.1. The Balaban J connectivity index is 1.86. The molecule has 1 saturated carbocycles. The Kier molecular flexibility index (Phi) is 6.99. The summed E-state index contributed by atoms with van der Waals surface area (Å²) in [5.74, 6) is -0.306. The van der Waals surface area contributed by atoms with E-state index in [1.54, 1.807) is 47.5 Å². The van der Waals surface area contributed by atoms with E-state index >= 15 is 0 Å². The lowest BCUT2D eigenvalue weighted by Crippen LogP contribution is -2.47. The summed E-state index contributed by atoms with van der Waals surface area (Å²) in [6, 6.07) is 11.5. The van der Waals surface area contributed by atoms with Crippen LogP contribution in [0.3, 0.4) is 0 Å². The van der Waals surface area contributed by atoms with Crippen LogP contribution in [-0.4, -0.2) is 46.4 Å². The number of amides is 1. The van der Waals surface area contributed by atoms with E-state index in [0.29, 0.717) is 29.7 Å². The van der Waals surface area contributed by atoms with Crippen molar-refractivity contribution >= 4 is 23.9 Å². The van der Waals surface area contributed by atoms with Gasteiger partial charge in [0.25, 0.3) is 5.91 Å². The summed E-state index contributed by atoms with van der Waals surface area (Å²) < 4.78 is 19.2. The molecule has 1 aromatic carbocycles. The molecule has 0 spiro atoms. The van der Waals surface area contributed by atoms with E-state index < -0.39 is 11.9 Å². The molecule has 1 aromatic heterocycles. The number of rotatable bonds is 9. The predicted octanol–water partition coefficient (Wildman–Crippen LogP) is 4.52. The highest BCUT2D eigenvalue weighted by atomic mass is 19.2. The first-order chi connectivity index (χ1) is 14.8. The third-order valence-corrected chi connectivity index (χ3v) is 4.84. The maximum absolute atomic E-state index is 13.9. The van der Waals surface area contributed by atoms with Gasteiger partial charge in [0.2, 0.25) is 5.85 Å². The molecule has 3 rings (SSSR count). The zero-order chi connectivity index (χ0) is 22.4. The SMILES string of the molecule is CC(/C(=N/C=N)Nc1ccccn1)N(CC1CC1)C(=O)c1cccc(OC(C)(C)F)c1. The van der Waals surface area contributed by atoms with E-state index in [2.05, 4.69) is 15.3 Å². The van der Waals surface area contributed by atoms with E-state index in [9.17, 15) is 9.18 Å². The van der Waals surface area contributed by atoms with Crippen molar-refractivity contribution in [2.24, 2.45) is 10.9 Å².